The van der Waals surface area contributed by atoms with Crippen molar-refractivity contribution in [3.8, 4) is 0 Å². The lowest BCUT2D eigenvalue weighted by Crippen LogP contribution is -2.47. The van der Waals surface area contributed by atoms with E-state index in [1.165, 1.54) is 12.8 Å². The second-order valence-electron chi connectivity index (χ2n) is 7.20. The van der Waals surface area contributed by atoms with E-state index >= 15 is 0 Å². The van der Waals surface area contributed by atoms with Crippen molar-refractivity contribution in [3.05, 3.63) is 0 Å². The molecule has 23 heavy (non-hydrogen) atoms. The van der Waals surface area contributed by atoms with Crippen LogP contribution in [0.1, 0.15) is 59.3 Å². The Morgan fingerprint density at radius 1 is 1.17 bits per heavy atom. The summed E-state index contributed by atoms with van der Waals surface area (Å²) in [6.45, 7) is 7.55. The van der Waals surface area contributed by atoms with Crippen molar-refractivity contribution >= 4 is 23.6 Å². The number of nitrogens with zero attached hydrogens (tertiary/aromatic N) is 1. The molecular weight excluding hydrogens is 308 g/mol. The Labute approximate surface area is 145 Å². The Kier molecular flexibility index (Phi) is 7.25. The molecule has 132 valence electrons. The van der Waals surface area contributed by atoms with E-state index in [4.69, 9.17) is 0 Å². The number of amides is 2. The first-order valence-corrected chi connectivity index (χ1v) is 10.3. The first-order chi connectivity index (χ1) is 11.0. The van der Waals surface area contributed by atoms with Gasteiger partial charge in [-0.2, -0.15) is 11.8 Å². The van der Waals surface area contributed by atoms with Gasteiger partial charge in [-0.25, -0.2) is 0 Å². The van der Waals surface area contributed by atoms with Gasteiger partial charge >= 0.3 is 0 Å². The Morgan fingerprint density at radius 3 is 2.48 bits per heavy atom. The van der Waals surface area contributed by atoms with Crippen LogP contribution in [0.2, 0.25) is 0 Å². The fraction of sp³-hybridized carbons (Fsp3) is 0.889. The van der Waals surface area contributed by atoms with Gasteiger partial charge in [0, 0.05) is 36.2 Å². The van der Waals surface area contributed by atoms with Crippen LogP contribution in [0.25, 0.3) is 0 Å². The molecule has 1 aliphatic heterocycles. The van der Waals surface area contributed by atoms with Gasteiger partial charge in [-0.1, -0.05) is 27.2 Å². The van der Waals surface area contributed by atoms with Gasteiger partial charge in [0.05, 0.1) is 0 Å². The molecule has 1 aliphatic carbocycles. The van der Waals surface area contributed by atoms with Crippen LogP contribution in [-0.4, -0.2) is 46.8 Å². The van der Waals surface area contributed by atoms with Crippen molar-refractivity contribution in [2.75, 3.05) is 18.8 Å². The van der Waals surface area contributed by atoms with Gasteiger partial charge < -0.3 is 10.2 Å². The summed E-state index contributed by atoms with van der Waals surface area (Å²) in [5, 5.41) is 4.00. The molecule has 1 heterocycles. The molecule has 0 aromatic heterocycles. The summed E-state index contributed by atoms with van der Waals surface area (Å²) in [6.07, 6.45) is 6.38. The lowest BCUT2D eigenvalue weighted by Gasteiger charge is -2.34. The first kappa shape index (κ1) is 18.6. The standard InChI is InChI=1S/C18H32N2O2S/c1-4-23-16-7-5-6-15(12-16)19-17(21)14-8-10-20(11-9-14)18(22)13(2)3/h13-16H,4-12H2,1-3H3,(H,19,21). The number of nitrogens with one attached hydrogen (secondary N) is 1. The van der Waals surface area contributed by atoms with E-state index in [2.05, 4.69) is 12.2 Å². The van der Waals surface area contributed by atoms with E-state index in [-0.39, 0.29) is 23.7 Å². The molecule has 2 amide bonds. The van der Waals surface area contributed by atoms with Crippen LogP contribution in [0.5, 0.6) is 0 Å². The molecule has 2 aliphatic rings. The van der Waals surface area contributed by atoms with Gasteiger partial charge in [-0.05, 0) is 37.9 Å². The van der Waals surface area contributed by atoms with E-state index in [1.54, 1.807) is 0 Å². The molecule has 0 radical (unpaired) electrons. The van der Waals surface area contributed by atoms with Crippen molar-refractivity contribution < 1.29 is 9.59 Å². The second kappa shape index (κ2) is 8.95. The molecule has 1 saturated heterocycles. The molecule has 2 atom stereocenters. The number of hydrogen-bond donors (Lipinski definition) is 1. The molecule has 1 N–H and O–H groups in total. The van der Waals surface area contributed by atoms with Crippen LogP contribution in [0.15, 0.2) is 0 Å². The van der Waals surface area contributed by atoms with Gasteiger partial charge in [-0.3, -0.25) is 9.59 Å². The fourth-order valence-electron chi connectivity index (χ4n) is 3.71. The molecule has 4 nitrogen and oxygen atoms in total. The number of piperidine rings is 1. The predicted octanol–water partition coefficient (Wildman–Crippen LogP) is 3.06. The minimum atomic E-state index is 0.0515. The van der Waals surface area contributed by atoms with Gasteiger partial charge in [0.25, 0.3) is 0 Å². The molecule has 2 fully saturated rings. The summed E-state index contributed by atoms with van der Waals surface area (Å²) >= 11 is 2.03. The van der Waals surface area contributed by atoms with Gasteiger partial charge in [-0.15, -0.1) is 0 Å². The molecule has 0 aromatic carbocycles. The Morgan fingerprint density at radius 2 is 1.87 bits per heavy atom. The topological polar surface area (TPSA) is 49.4 Å². The van der Waals surface area contributed by atoms with Crippen LogP contribution in [0.3, 0.4) is 0 Å². The van der Waals surface area contributed by atoms with Crippen LogP contribution in [-0.2, 0) is 9.59 Å². The zero-order valence-electron chi connectivity index (χ0n) is 14.8. The summed E-state index contributed by atoms with van der Waals surface area (Å²) in [7, 11) is 0. The van der Waals surface area contributed by atoms with E-state index in [1.807, 2.05) is 30.5 Å². The van der Waals surface area contributed by atoms with Gasteiger partial charge in [0.15, 0.2) is 0 Å². The smallest absolute Gasteiger partial charge is 0.225 e. The molecular formula is C18H32N2O2S. The average molecular weight is 341 g/mol. The normalized spacial score (nSPS) is 26.3. The molecule has 5 heteroatoms. The maximum atomic E-state index is 12.5. The first-order valence-electron chi connectivity index (χ1n) is 9.22. The third-order valence-electron chi connectivity index (χ3n) is 5.05. The van der Waals surface area contributed by atoms with Crippen LogP contribution < -0.4 is 5.32 Å². The van der Waals surface area contributed by atoms with Crippen molar-refractivity contribution in [1.29, 1.82) is 0 Å². The van der Waals surface area contributed by atoms with Crippen molar-refractivity contribution in [3.63, 3.8) is 0 Å². The van der Waals surface area contributed by atoms with Crippen LogP contribution >= 0.6 is 11.8 Å². The zero-order valence-corrected chi connectivity index (χ0v) is 15.7. The predicted molar refractivity (Wildman–Crippen MR) is 96.5 cm³/mol. The number of hydrogen-bond acceptors (Lipinski definition) is 3. The van der Waals surface area contributed by atoms with Gasteiger partial charge in [0.1, 0.15) is 0 Å². The van der Waals surface area contributed by atoms with E-state index < -0.39 is 0 Å². The highest BCUT2D eigenvalue weighted by Gasteiger charge is 2.30. The minimum Gasteiger partial charge on any atom is -0.353 e. The summed E-state index contributed by atoms with van der Waals surface area (Å²) < 4.78 is 0. The maximum absolute atomic E-state index is 12.5. The highest BCUT2D eigenvalue weighted by atomic mass is 32.2. The quantitative estimate of drug-likeness (QED) is 0.837. The van der Waals surface area contributed by atoms with Crippen molar-refractivity contribution in [2.24, 2.45) is 11.8 Å². The summed E-state index contributed by atoms with van der Waals surface area (Å²) in [5.74, 6) is 1.73. The number of carbonyl (C=O) groups excluding carboxylic acids is 2. The van der Waals surface area contributed by atoms with E-state index in [0.717, 1.165) is 44.5 Å². The SMILES string of the molecule is CCSC1CCCC(NC(=O)C2CCN(C(=O)C(C)C)CC2)C1. The third-order valence-corrected chi connectivity index (χ3v) is 6.28. The molecule has 0 spiro atoms. The molecule has 0 aromatic rings. The van der Waals surface area contributed by atoms with Crippen molar-refractivity contribution in [1.82, 2.24) is 10.2 Å². The highest BCUT2D eigenvalue weighted by Crippen LogP contribution is 2.29. The molecule has 2 unspecified atom stereocenters. The monoisotopic (exact) mass is 340 g/mol. The zero-order chi connectivity index (χ0) is 16.8. The van der Waals surface area contributed by atoms with Gasteiger partial charge in [0.2, 0.25) is 11.8 Å². The second-order valence-corrected chi connectivity index (χ2v) is 8.78. The number of carbonyl (C=O) groups is 2. The molecule has 0 bridgehead atoms. The third kappa shape index (κ3) is 5.40. The lowest BCUT2D eigenvalue weighted by molar-refractivity contribution is -0.138. The molecule has 2 rings (SSSR count). The number of rotatable bonds is 5. The van der Waals surface area contributed by atoms with Crippen LogP contribution in [0, 0.1) is 11.8 Å². The fourth-order valence-corrected chi connectivity index (χ4v) is 4.88. The number of likely N-dealkylation sites (tertiary alicyclic amines) is 1. The van der Waals surface area contributed by atoms with Crippen LogP contribution in [0.4, 0.5) is 0 Å². The minimum absolute atomic E-state index is 0.0515. The van der Waals surface area contributed by atoms with E-state index in [9.17, 15) is 9.59 Å². The highest BCUT2D eigenvalue weighted by molar-refractivity contribution is 7.99. The average Bonchev–Trinajstić information content (AvgIpc) is 2.55. The van der Waals surface area contributed by atoms with E-state index in [0.29, 0.717) is 11.3 Å². The Balaban J connectivity index is 1.75. The maximum Gasteiger partial charge on any atom is 0.225 e. The lowest BCUT2D eigenvalue weighted by atomic mass is 9.92. The Hall–Kier alpha value is -0.710. The number of thioether (sulfide) groups is 1. The summed E-state index contributed by atoms with van der Waals surface area (Å²) in [4.78, 5) is 26.5. The summed E-state index contributed by atoms with van der Waals surface area (Å²) in [5.41, 5.74) is 0. The Bertz CT molecular complexity index is 404. The largest absolute Gasteiger partial charge is 0.353 e. The molecule has 1 saturated carbocycles. The summed E-state index contributed by atoms with van der Waals surface area (Å²) in [6, 6.07) is 0.357. The van der Waals surface area contributed by atoms with Crippen molar-refractivity contribution in [2.45, 2.75) is 70.6 Å².